The van der Waals surface area contributed by atoms with Crippen LogP contribution in [0, 0.1) is 6.92 Å². The van der Waals surface area contributed by atoms with Gasteiger partial charge in [-0.15, -0.1) is 0 Å². The fraction of sp³-hybridized carbons (Fsp3) is 0.318. The van der Waals surface area contributed by atoms with Crippen molar-refractivity contribution in [3.05, 3.63) is 64.7 Å². The van der Waals surface area contributed by atoms with Crippen LogP contribution in [0.5, 0.6) is 0 Å². The summed E-state index contributed by atoms with van der Waals surface area (Å²) in [5.74, 6) is -0.641. The first-order chi connectivity index (χ1) is 13.8. The van der Waals surface area contributed by atoms with Crippen molar-refractivity contribution >= 4 is 35.0 Å². The highest BCUT2D eigenvalue weighted by Crippen LogP contribution is 2.20. The molecule has 7 heteroatoms. The van der Waals surface area contributed by atoms with E-state index in [4.69, 9.17) is 11.6 Å². The van der Waals surface area contributed by atoms with Crippen LogP contribution in [0.15, 0.2) is 48.5 Å². The fourth-order valence-electron chi connectivity index (χ4n) is 3.16. The predicted octanol–water partition coefficient (Wildman–Crippen LogP) is 3.33. The molecule has 29 heavy (non-hydrogen) atoms. The molecule has 0 unspecified atom stereocenters. The van der Waals surface area contributed by atoms with Crippen molar-refractivity contribution in [1.82, 2.24) is 9.80 Å². The number of amides is 3. The number of hydrogen-bond acceptors (Lipinski definition) is 3. The van der Waals surface area contributed by atoms with Crippen molar-refractivity contribution in [2.75, 3.05) is 24.7 Å². The van der Waals surface area contributed by atoms with Gasteiger partial charge in [-0.3, -0.25) is 19.3 Å². The first kappa shape index (κ1) is 20.9. The Kier molecular flexibility index (Phi) is 6.23. The summed E-state index contributed by atoms with van der Waals surface area (Å²) in [4.78, 5) is 42.7. The largest absolute Gasteiger partial charge is 0.327 e. The molecule has 0 saturated carbocycles. The van der Waals surface area contributed by atoms with Gasteiger partial charge in [0.2, 0.25) is 11.8 Å². The third-order valence-electron chi connectivity index (χ3n) is 4.92. The van der Waals surface area contributed by atoms with Gasteiger partial charge in [0.05, 0.1) is 0 Å². The maximum absolute atomic E-state index is 12.9. The summed E-state index contributed by atoms with van der Waals surface area (Å²) in [7, 11) is 0. The Balaban J connectivity index is 1.70. The number of halogens is 1. The molecule has 0 bridgehead atoms. The minimum absolute atomic E-state index is 0.00772. The van der Waals surface area contributed by atoms with Gasteiger partial charge >= 0.3 is 0 Å². The van der Waals surface area contributed by atoms with Crippen molar-refractivity contribution < 1.29 is 14.4 Å². The third-order valence-corrected chi connectivity index (χ3v) is 5.17. The van der Waals surface area contributed by atoms with Gasteiger partial charge in [0.1, 0.15) is 19.8 Å². The first-order valence-electron chi connectivity index (χ1n) is 9.47. The average molecular weight is 414 g/mol. The van der Waals surface area contributed by atoms with Gasteiger partial charge in [0.25, 0.3) is 5.91 Å². The second kappa shape index (κ2) is 8.66. The van der Waals surface area contributed by atoms with Crippen LogP contribution in [-0.2, 0) is 9.59 Å². The van der Waals surface area contributed by atoms with Crippen LogP contribution in [0.25, 0.3) is 0 Å². The van der Waals surface area contributed by atoms with Gasteiger partial charge in [0, 0.05) is 22.3 Å². The van der Waals surface area contributed by atoms with E-state index in [1.54, 1.807) is 29.2 Å². The van der Waals surface area contributed by atoms with Gasteiger partial charge < -0.3 is 9.80 Å². The molecule has 1 saturated heterocycles. The van der Waals surface area contributed by atoms with Crippen LogP contribution in [0.2, 0.25) is 5.02 Å². The Hall–Kier alpha value is -2.86. The number of aryl methyl sites for hydroxylation is 1. The Bertz CT molecular complexity index is 910. The van der Waals surface area contributed by atoms with Gasteiger partial charge in [-0.1, -0.05) is 29.3 Å². The van der Waals surface area contributed by atoms with Gasteiger partial charge in [0.15, 0.2) is 0 Å². The number of rotatable bonds is 5. The van der Waals surface area contributed by atoms with Crippen LogP contribution >= 0.6 is 11.6 Å². The molecule has 0 aromatic heterocycles. The molecule has 3 amide bonds. The van der Waals surface area contributed by atoms with Crippen LogP contribution in [-0.4, -0.2) is 53.3 Å². The molecule has 2 aromatic carbocycles. The van der Waals surface area contributed by atoms with Crippen molar-refractivity contribution in [3.8, 4) is 0 Å². The topological polar surface area (TPSA) is 60.9 Å². The third kappa shape index (κ3) is 4.77. The molecule has 152 valence electrons. The minimum Gasteiger partial charge on any atom is -0.327 e. The molecule has 1 fully saturated rings. The van der Waals surface area contributed by atoms with E-state index in [0.29, 0.717) is 10.6 Å². The normalized spacial score (nSPS) is 13.9. The molecule has 6 nitrogen and oxygen atoms in total. The van der Waals surface area contributed by atoms with E-state index in [1.807, 2.05) is 45.0 Å². The highest BCUT2D eigenvalue weighted by Gasteiger charge is 2.33. The minimum atomic E-state index is -0.260. The van der Waals surface area contributed by atoms with Gasteiger partial charge in [-0.2, -0.15) is 0 Å². The van der Waals surface area contributed by atoms with Crippen LogP contribution in [0.1, 0.15) is 29.8 Å². The molecular weight excluding hydrogens is 390 g/mol. The number of carbonyl (C=O) groups is 3. The fourth-order valence-corrected chi connectivity index (χ4v) is 3.28. The maximum atomic E-state index is 12.9. The zero-order chi connectivity index (χ0) is 21.1. The summed E-state index contributed by atoms with van der Waals surface area (Å²) < 4.78 is 0. The first-order valence-corrected chi connectivity index (χ1v) is 9.85. The summed E-state index contributed by atoms with van der Waals surface area (Å²) >= 11 is 5.89. The van der Waals surface area contributed by atoms with Crippen molar-refractivity contribution in [1.29, 1.82) is 0 Å². The molecule has 0 aliphatic carbocycles. The molecule has 1 heterocycles. The lowest BCUT2D eigenvalue weighted by molar-refractivity contribution is -0.132. The summed E-state index contributed by atoms with van der Waals surface area (Å²) in [5, 5.41) is 0.542. The molecule has 1 aliphatic rings. The van der Waals surface area contributed by atoms with E-state index in [0.717, 1.165) is 11.3 Å². The number of hydrogen-bond donors (Lipinski definition) is 0. The number of benzene rings is 2. The number of anilines is 1. The van der Waals surface area contributed by atoms with Crippen LogP contribution in [0.4, 0.5) is 5.69 Å². The lowest BCUT2D eigenvalue weighted by Crippen LogP contribution is -2.45. The van der Waals surface area contributed by atoms with E-state index >= 15 is 0 Å². The molecule has 1 aliphatic heterocycles. The lowest BCUT2D eigenvalue weighted by Gasteiger charge is -2.28. The average Bonchev–Trinajstić information content (AvgIpc) is 3.08. The highest BCUT2D eigenvalue weighted by molar-refractivity contribution is 6.30. The number of nitrogens with zero attached hydrogens (tertiary/aromatic N) is 3. The molecule has 0 atom stereocenters. The Morgan fingerprint density at radius 1 is 1.07 bits per heavy atom. The van der Waals surface area contributed by atoms with Crippen LogP contribution < -0.4 is 4.90 Å². The summed E-state index contributed by atoms with van der Waals surface area (Å²) in [6, 6.07) is 14.0. The molecule has 3 rings (SSSR count). The number of carbonyl (C=O) groups excluding carboxylic acids is 3. The monoisotopic (exact) mass is 413 g/mol. The van der Waals surface area contributed by atoms with Crippen molar-refractivity contribution in [3.63, 3.8) is 0 Å². The Morgan fingerprint density at radius 3 is 2.28 bits per heavy atom. The molecular formula is C22H24ClN3O3. The Morgan fingerprint density at radius 2 is 1.69 bits per heavy atom. The quantitative estimate of drug-likeness (QED) is 0.755. The highest BCUT2D eigenvalue weighted by atomic mass is 35.5. The maximum Gasteiger partial charge on any atom is 0.254 e. The standard InChI is InChI=1S/C22H24ClN3O3/c1-15(2)25(22(29)17-6-8-18(23)9-7-17)13-20(27)24-12-21(28)26(14-24)19-10-4-16(3)5-11-19/h4-11,15H,12-14H2,1-3H3. The van der Waals surface area contributed by atoms with Crippen LogP contribution in [0.3, 0.4) is 0 Å². The molecule has 0 N–H and O–H groups in total. The summed E-state index contributed by atoms with van der Waals surface area (Å²) in [6.45, 7) is 5.79. The molecule has 2 aromatic rings. The lowest BCUT2D eigenvalue weighted by atomic mass is 10.1. The van der Waals surface area contributed by atoms with Crippen molar-refractivity contribution in [2.45, 2.75) is 26.8 Å². The van der Waals surface area contributed by atoms with E-state index in [2.05, 4.69) is 0 Å². The van der Waals surface area contributed by atoms with Crippen molar-refractivity contribution in [2.24, 2.45) is 0 Å². The zero-order valence-electron chi connectivity index (χ0n) is 16.8. The summed E-state index contributed by atoms with van der Waals surface area (Å²) in [5.41, 5.74) is 2.32. The van der Waals surface area contributed by atoms with E-state index in [1.165, 1.54) is 9.80 Å². The van der Waals surface area contributed by atoms with E-state index < -0.39 is 0 Å². The van der Waals surface area contributed by atoms with E-state index in [9.17, 15) is 14.4 Å². The molecule has 0 radical (unpaired) electrons. The SMILES string of the molecule is Cc1ccc(N2CN(C(=O)CN(C(=O)c3ccc(Cl)cc3)C(C)C)CC2=O)cc1. The van der Waals surface area contributed by atoms with Gasteiger partial charge in [-0.05, 0) is 57.2 Å². The predicted molar refractivity (Wildman–Crippen MR) is 113 cm³/mol. The van der Waals surface area contributed by atoms with Gasteiger partial charge in [-0.25, -0.2) is 0 Å². The second-order valence-corrected chi connectivity index (χ2v) is 7.86. The zero-order valence-corrected chi connectivity index (χ0v) is 17.5. The van der Waals surface area contributed by atoms with E-state index in [-0.39, 0.29) is 43.5 Å². The Labute approximate surface area is 175 Å². The molecule has 0 spiro atoms. The second-order valence-electron chi connectivity index (χ2n) is 7.42. The smallest absolute Gasteiger partial charge is 0.254 e. The summed E-state index contributed by atoms with van der Waals surface area (Å²) in [6.07, 6.45) is 0.